The molecule has 0 radical (unpaired) electrons. The zero-order valence-corrected chi connectivity index (χ0v) is 12.5. The van der Waals surface area contributed by atoms with E-state index >= 15 is 0 Å². The Morgan fingerprint density at radius 1 is 0.909 bits per heavy atom. The van der Waals surface area contributed by atoms with E-state index in [0.717, 1.165) is 44.7 Å². The molecule has 0 aromatic heterocycles. The molecule has 7 nitrogen and oxygen atoms in total. The molecule has 0 spiro atoms. The molecule has 2 saturated heterocycles. The molecule has 2 amide bonds. The van der Waals surface area contributed by atoms with Gasteiger partial charge in [-0.05, 0) is 25.0 Å². The highest BCUT2D eigenvalue weighted by molar-refractivity contribution is 5.75. The Bertz CT molecular complexity index is 546. The number of carbonyl (C=O) groups excluding carboxylic acids is 1. The van der Waals surface area contributed by atoms with Crippen LogP contribution in [0.25, 0.3) is 0 Å². The smallest absolute Gasteiger partial charge is 0.320 e. The van der Waals surface area contributed by atoms with Crippen LogP contribution >= 0.6 is 0 Å². The summed E-state index contributed by atoms with van der Waals surface area (Å²) in [5, 5.41) is 10.7. The Labute approximate surface area is 129 Å². The predicted molar refractivity (Wildman–Crippen MR) is 83.1 cm³/mol. The third-order valence-corrected chi connectivity index (χ3v) is 4.35. The maximum atomic E-state index is 12.3. The molecule has 0 bridgehead atoms. The number of nitrogens with zero attached hydrogens (tertiary/aromatic N) is 4. The van der Waals surface area contributed by atoms with Gasteiger partial charge in [-0.3, -0.25) is 10.1 Å². The fourth-order valence-corrected chi connectivity index (χ4v) is 3.05. The van der Waals surface area contributed by atoms with E-state index in [1.54, 1.807) is 12.1 Å². The van der Waals surface area contributed by atoms with Gasteiger partial charge in [0, 0.05) is 57.1 Å². The van der Waals surface area contributed by atoms with Crippen molar-refractivity contribution in [1.29, 1.82) is 0 Å². The lowest BCUT2D eigenvalue weighted by molar-refractivity contribution is -0.384. The molecule has 3 rings (SSSR count). The van der Waals surface area contributed by atoms with Gasteiger partial charge >= 0.3 is 6.03 Å². The predicted octanol–water partition coefficient (Wildman–Crippen LogP) is 1.93. The van der Waals surface area contributed by atoms with Crippen LogP contribution in [0.15, 0.2) is 24.3 Å². The summed E-state index contributed by atoms with van der Waals surface area (Å²) in [4.78, 5) is 28.6. The van der Waals surface area contributed by atoms with Crippen LogP contribution in [0, 0.1) is 10.1 Å². The van der Waals surface area contributed by atoms with Crippen LogP contribution in [0.1, 0.15) is 12.8 Å². The first-order valence-electron chi connectivity index (χ1n) is 7.68. The molecular formula is C15H20N4O3. The minimum Gasteiger partial charge on any atom is -0.368 e. The van der Waals surface area contributed by atoms with Crippen LogP contribution in [-0.4, -0.2) is 60.0 Å². The third kappa shape index (κ3) is 2.98. The molecule has 1 aromatic rings. The SMILES string of the molecule is O=C(N1CCCC1)N1CCN(c2ccc([N+](=O)[O-])cc2)CC1. The summed E-state index contributed by atoms with van der Waals surface area (Å²) in [6.45, 7) is 4.68. The number of hydrogen-bond acceptors (Lipinski definition) is 4. The Kier molecular flexibility index (Phi) is 4.13. The van der Waals surface area contributed by atoms with Crippen LogP contribution in [0.2, 0.25) is 0 Å². The maximum Gasteiger partial charge on any atom is 0.320 e. The van der Waals surface area contributed by atoms with Gasteiger partial charge in [0.1, 0.15) is 0 Å². The summed E-state index contributed by atoms with van der Waals surface area (Å²) >= 11 is 0. The average molecular weight is 304 g/mol. The van der Waals surface area contributed by atoms with Gasteiger partial charge in [-0.2, -0.15) is 0 Å². The molecule has 7 heteroatoms. The molecule has 0 unspecified atom stereocenters. The molecule has 22 heavy (non-hydrogen) atoms. The van der Waals surface area contributed by atoms with Crippen molar-refractivity contribution in [3.63, 3.8) is 0 Å². The zero-order valence-electron chi connectivity index (χ0n) is 12.5. The average Bonchev–Trinajstić information content (AvgIpc) is 3.09. The first-order valence-corrected chi connectivity index (χ1v) is 7.68. The van der Waals surface area contributed by atoms with Gasteiger partial charge in [0.05, 0.1) is 4.92 Å². The molecule has 2 heterocycles. The Morgan fingerprint density at radius 2 is 1.45 bits per heavy atom. The summed E-state index contributed by atoms with van der Waals surface area (Å²) in [5.74, 6) is 0. The minimum atomic E-state index is -0.392. The van der Waals surface area contributed by atoms with Crippen molar-refractivity contribution in [3.05, 3.63) is 34.4 Å². The van der Waals surface area contributed by atoms with Crippen molar-refractivity contribution >= 4 is 17.4 Å². The van der Waals surface area contributed by atoms with Crippen LogP contribution in [0.5, 0.6) is 0 Å². The fourth-order valence-electron chi connectivity index (χ4n) is 3.05. The van der Waals surface area contributed by atoms with E-state index < -0.39 is 4.92 Å². The first kappa shape index (κ1) is 14.6. The largest absolute Gasteiger partial charge is 0.368 e. The molecule has 0 atom stereocenters. The van der Waals surface area contributed by atoms with Crippen molar-refractivity contribution in [2.75, 3.05) is 44.2 Å². The first-order chi connectivity index (χ1) is 10.6. The summed E-state index contributed by atoms with van der Waals surface area (Å²) in [6.07, 6.45) is 2.21. The number of hydrogen-bond donors (Lipinski definition) is 0. The number of carbonyl (C=O) groups is 1. The second-order valence-corrected chi connectivity index (χ2v) is 5.72. The molecular weight excluding hydrogens is 284 g/mol. The van der Waals surface area contributed by atoms with Gasteiger partial charge in [-0.15, -0.1) is 0 Å². The van der Waals surface area contributed by atoms with Crippen molar-refractivity contribution in [2.45, 2.75) is 12.8 Å². The molecule has 0 saturated carbocycles. The highest BCUT2D eigenvalue weighted by Crippen LogP contribution is 2.21. The molecule has 2 aliphatic heterocycles. The second-order valence-electron chi connectivity index (χ2n) is 5.72. The number of likely N-dealkylation sites (tertiary alicyclic amines) is 1. The lowest BCUT2D eigenvalue weighted by atomic mass is 10.2. The van der Waals surface area contributed by atoms with E-state index in [4.69, 9.17) is 0 Å². The molecule has 0 N–H and O–H groups in total. The van der Waals surface area contributed by atoms with E-state index in [2.05, 4.69) is 4.90 Å². The Hall–Kier alpha value is -2.31. The quantitative estimate of drug-likeness (QED) is 0.618. The van der Waals surface area contributed by atoms with E-state index in [1.807, 2.05) is 9.80 Å². The van der Waals surface area contributed by atoms with Crippen LogP contribution in [0.4, 0.5) is 16.2 Å². The zero-order chi connectivity index (χ0) is 15.5. The van der Waals surface area contributed by atoms with Crippen LogP contribution < -0.4 is 4.90 Å². The fraction of sp³-hybridized carbons (Fsp3) is 0.533. The highest BCUT2D eigenvalue weighted by Gasteiger charge is 2.26. The van der Waals surface area contributed by atoms with E-state index in [0.29, 0.717) is 13.1 Å². The number of anilines is 1. The summed E-state index contributed by atoms with van der Waals surface area (Å²) in [7, 11) is 0. The number of rotatable bonds is 2. The normalized spacial score (nSPS) is 18.6. The number of nitro groups is 1. The number of benzene rings is 1. The standard InChI is InChI=1S/C15H20N4O3/c20-15(17-7-1-2-8-17)18-11-9-16(10-12-18)13-3-5-14(6-4-13)19(21)22/h3-6H,1-2,7-12H2. The van der Waals surface area contributed by atoms with Gasteiger partial charge in [0.2, 0.25) is 0 Å². The maximum absolute atomic E-state index is 12.3. The van der Waals surface area contributed by atoms with E-state index in [9.17, 15) is 14.9 Å². The number of amides is 2. The minimum absolute atomic E-state index is 0.103. The van der Waals surface area contributed by atoms with Crippen molar-refractivity contribution < 1.29 is 9.72 Å². The molecule has 2 aliphatic rings. The summed E-state index contributed by atoms with van der Waals surface area (Å²) in [5.41, 5.74) is 1.07. The number of piperazine rings is 1. The third-order valence-electron chi connectivity index (χ3n) is 4.35. The van der Waals surface area contributed by atoms with Gasteiger partial charge in [-0.25, -0.2) is 4.79 Å². The second kappa shape index (κ2) is 6.21. The molecule has 1 aromatic carbocycles. The van der Waals surface area contributed by atoms with Gasteiger partial charge in [-0.1, -0.05) is 0 Å². The highest BCUT2D eigenvalue weighted by atomic mass is 16.6. The molecule has 118 valence electrons. The number of non-ortho nitro benzene ring substituents is 1. The topological polar surface area (TPSA) is 69.9 Å². The van der Waals surface area contributed by atoms with E-state index in [-0.39, 0.29) is 11.7 Å². The monoisotopic (exact) mass is 304 g/mol. The van der Waals surface area contributed by atoms with Crippen molar-refractivity contribution in [2.24, 2.45) is 0 Å². The van der Waals surface area contributed by atoms with Gasteiger partial charge in [0.25, 0.3) is 5.69 Å². The molecule has 0 aliphatic carbocycles. The lowest BCUT2D eigenvalue weighted by Crippen LogP contribution is -2.52. The summed E-state index contributed by atoms with van der Waals surface area (Å²) in [6, 6.07) is 6.75. The number of nitro benzene ring substituents is 1. The van der Waals surface area contributed by atoms with Gasteiger partial charge < -0.3 is 14.7 Å². The lowest BCUT2D eigenvalue weighted by Gasteiger charge is -2.37. The van der Waals surface area contributed by atoms with Gasteiger partial charge in [0.15, 0.2) is 0 Å². The van der Waals surface area contributed by atoms with E-state index in [1.165, 1.54) is 12.1 Å². The van der Waals surface area contributed by atoms with Crippen LogP contribution in [-0.2, 0) is 0 Å². The van der Waals surface area contributed by atoms with Crippen molar-refractivity contribution in [1.82, 2.24) is 9.80 Å². The van der Waals surface area contributed by atoms with Crippen LogP contribution in [0.3, 0.4) is 0 Å². The van der Waals surface area contributed by atoms with Crippen molar-refractivity contribution in [3.8, 4) is 0 Å². The Morgan fingerprint density at radius 3 is 2.00 bits per heavy atom. The summed E-state index contributed by atoms with van der Waals surface area (Å²) < 4.78 is 0. The Balaban J connectivity index is 1.57. The number of urea groups is 1. The molecule has 2 fully saturated rings.